The normalized spacial score (nSPS) is 14.5. The number of carbonyl (C=O) groups is 2. The SMILES string of the molecule is CC(C)Cc1nc2c(c(-c3cc4ccnc(NCc5cncc(F)c5)c4s3)c1C(N)=O)C(=O)NC(Cc1ccc(F)cc1)C2. The molecule has 0 saturated heterocycles. The Labute approximate surface area is 256 Å². The second-order valence-electron chi connectivity index (χ2n) is 11.4. The summed E-state index contributed by atoms with van der Waals surface area (Å²) in [6.45, 7) is 4.37. The molecule has 2 amide bonds. The number of hydrogen-bond acceptors (Lipinski definition) is 7. The molecule has 1 aliphatic rings. The minimum Gasteiger partial charge on any atom is -0.366 e. The summed E-state index contributed by atoms with van der Waals surface area (Å²) in [7, 11) is 0. The van der Waals surface area contributed by atoms with Crippen LogP contribution in [0.4, 0.5) is 14.6 Å². The van der Waals surface area contributed by atoms with Crippen LogP contribution in [0.15, 0.2) is 61.1 Å². The summed E-state index contributed by atoms with van der Waals surface area (Å²) in [4.78, 5) is 40.8. The van der Waals surface area contributed by atoms with Crippen molar-refractivity contribution in [1.29, 1.82) is 0 Å². The van der Waals surface area contributed by atoms with Crippen molar-refractivity contribution in [2.75, 3.05) is 5.32 Å². The Kier molecular flexibility index (Phi) is 8.05. The van der Waals surface area contributed by atoms with E-state index >= 15 is 0 Å². The van der Waals surface area contributed by atoms with Crippen LogP contribution in [0.1, 0.15) is 57.1 Å². The molecule has 0 aliphatic carbocycles. The van der Waals surface area contributed by atoms with Crippen molar-refractivity contribution in [2.45, 2.75) is 45.7 Å². The summed E-state index contributed by atoms with van der Waals surface area (Å²) in [6.07, 6.45) is 5.84. The zero-order valence-electron chi connectivity index (χ0n) is 24.2. The zero-order chi connectivity index (χ0) is 31.0. The standard InChI is InChI=1S/C33H30F2N6O2S/c1-17(2)9-24-27(31(36)42)29(28-25(41-24)13-23(40-33(28)43)11-18-3-5-21(34)6-4-18)26-12-20-7-8-38-32(30(20)44-26)39-15-19-10-22(35)16-37-14-19/h3-8,10,12,14,16-17,23H,9,11,13,15H2,1-2H3,(H2,36,42)(H,38,39)(H,40,43). The molecule has 0 fully saturated rings. The predicted molar refractivity (Wildman–Crippen MR) is 166 cm³/mol. The van der Waals surface area contributed by atoms with Gasteiger partial charge in [0.1, 0.15) is 17.5 Å². The number of nitrogens with two attached hydrogens (primary N) is 1. The van der Waals surface area contributed by atoms with Gasteiger partial charge in [-0.15, -0.1) is 11.3 Å². The Morgan fingerprint density at radius 1 is 1.09 bits per heavy atom. The lowest BCUT2D eigenvalue weighted by Crippen LogP contribution is -2.44. The van der Waals surface area contributed by atoms with Crippen LogP contribution in [0.3, 0.4) is 0 Å². The number of fused-ring (bicyclic) bond motifs is 2. The number of aromatic nitrogens is 3. The average molecular weight is 613 g/mol. The van der Waals surface area contributed by atoms with Gasteiger partial charge in [0, 0.05) is 41.8 Å². The monoisotopic (exact) mass is 612 g/mol. The summed E-state index contributed by atoms with van der Waals surface area (Å²) in [5.74, 6) is -0.980. The minimum absolute atomic E-state index is 0.179. The maximum Gasteiger partial charge on any atom is 0.254 e. The third-order valence-electron chi connectivity index (χ3n) is 7.49. The molecule has 0 radical (unpaired) electrons. The molecule has 1 unspecified atom stereocenters. The highest BCUT2D eigenvalue weighted by Crippen LogP contribution is 2.42. The Morgan fingerprint density at radius 2 is 1.89 bits per heavy atom. The van der Waals surface area contributed by atoms with Gasteiger partial charge in [0.2, 0.25) is 0 Å². The van der Waals surface area contributed by atoms with Gasteiger partial charge in [0.05, 0.1) is 33.4 Å². The molecule has 6 rings (SSSR count). The quantitative estimate of drug-likeness (QED) is 0.192. The molecule has 224 valence electrons. The fourth-order valence-corrected chi connectivity index (χ4v) is 6.83. The zero-order valence-corrected chi connectivity index (χ0v) is 25.0. The number of anilines is 1. The smallest absolute Gasteiger partial charge is 0.254 e. The molecule has 1 atom stereocenters. The maximum absolute atomic E-state index is 13.8. The van der Waals surface area contributed by atoms with Crippen LogP contribution in [0.25, 0.3) is 20.5 Å². The van der Waals surface area contributed by atoms with Gasteiger partial charge in [0.15, 0.2) is 0 Å². The number of benzene rings is 1. The van der Waals surface area contributed by atoms with E-state index in [0.717, 1.165) is 21.8 Å². The molecule has 8 nitrogen and oxygen atoms in total. The molecule has 5 heterocycles. The number of hydrogen-bond donors (Lipinski definition) is 3. The lowest BCUT2D eigenvalue weighted by molar-refractivity contribution is 0.0924. The minimum atomic E-state index is -0.653. The van der Waals surface area contributed by atoms with Gasteiger partial charge >= 0.3 is 0 Å². The number of halogens is 2. The molecule has 4 aromatic heterocycles. The molecule has 1 aliphatic heterocycles. The van der Waals surface area contributed by atoms with Crippen molar-refractivity contribution in [1.82, 2.24) is 20.3 Å². The van der Waals surface area contributed by atoms with Crippen LogP contribution < -0.4 is 16.4 Å². The van der Waals surface area contributed by atoms with Crippen LogP contribution >= 0.6 is 11.3 Å². The van der Waals surface area contributed by atoms with E-state index in [1.165, 1.54) is 29.5 Å². The fourth-order valence-electron chi connectivity index (χ4n) is 5.65. The third-order valence-corrected chi connectivity index (χ3v) is 8.67. The lowest BCUT2D eigenvalue weighted by Gasteiger charge is -2.28. The van der Waals surface area contributed by atoms with Gasteiger partial charge in [0.25, 0.3) is 11.8 Å². The van der Waals surface area contributed by atoms with Crippen molar-refractivity contribution >= 4 is 39.1 Å². The summed E-state index contributed by atoms with van der Waals surface area (Å²) in [5.41, 5.74) is 9.75. The molecule has 0 bridgehead atoms. The van der Waals surface area contributed by atoms with E-state index in [-0.39, 0.29) is 29.2 Å². The van der Waals surface area contributed by atoms with Crippen LogP contribution in [0.2, 0.25) is 0 Å². The van der Waals surface area contributed by atoms with Gasteiger partial charge in [-0.05, 0) is 65.6 Å². The first-order valence-electron chi connectivity index (χ1n) is 14.3. The van der Waals surface area contributed by atoms with Gasteiger partial charge in [-0.1, -0.05) is 26.0 Å². The first-order chi connectivity index (χ1) is 21.2. The topological polar surface area (TPSA) is 123 Å². The van der Waals surface area contributed by atoms with Crippen LogP contribution in [-0.2, 0) is 25.8 Å². The number of thiophene rings is 1. The Hall–Kier alpha value is -4.77. The van der Waals surface area contributed by atoms with Crippen molar-refractivity contribution in [2.24, 2.45) is 11.7 Å². The van der Waals surface area contributed by atoms with E-state index in [9.17, 15) is 18.4 Å². The average Bonchev–Trinajstić information content (AvgIpc) is 3.41. The highest BCUT2D eigenvalue weighted by Gasteiger charge is 2.34. The second kappa shape index (κ2) is 12.1. The van der Waals surface area contributed by atoms with Crippen molar-refractivity contribution in [3.63, 3.8) is 0 Å². The van der Waals surface area contributed by atoms with Crippen LogP contribution in [-0.4, -0.2) is 32.8 Å². The van der Waals surface area contributed by atoms with E-state index < -0.39 is 11.7 Å². The van der Waals surface area contributed by atoms with E-state index in [4.69, 9.17) is 10.7 Å². The summed E-state index contributed by atoms with van der Waals surface area (Å²) >= 11 is 1.39. The first kappa shape index (κ1) is 29.3. The largest absolute Gasteiger partial charge is 0.366 e. The number of amides is 2. The Morgan fingerprint density at radius 3 is 2.61 bits per heavy atom. The Bertz CT molecular complexity index is 1890. The maximum atomic E-state index is 13.8. The van der Waals surface area contributed by atoms with Crippen molar-refractivity contribution < 1.29 is 18.4 Å². The van der Waals surface area contributed by atoms with Gasteiger partial charge in [-0.2, -0.15) is 0 Å². The molecule has 1 aromatic carbocycles. The molecule has 5 aromatic rings. The van der Waals surface area contributed by atoms with Crippen LogP contribution in [0, 0.1) is 17.6 Å². The van der Waals surface area contributed by atoms with E-state index in [1.807, 2.05) is 26.0 Å². The molecular formula is C33H30F2N6O2S. The first-order valence-corrected chi connectivity index (χ1v) is 15.1. The highest BCUT2D eigenvalue weighted by atomic mass is 32.1. The molecule has 44 heavy (non-hydrogen) atoms. The summed E-state index contributed by atoms with van der Waals surface area (Å²) < 4.78 is 28.0. The molecular weight excluding hydrogens is 582 g/mol. The Balaban J connectivity index is 1.44. The number of primary amides is 1. The highest BCUT2D eigenvalue weighted by molar-refractivity contribution is 7.22. The van der Waals surface area contributed by atoms with Crippen LogP contribution in [0.5, 0.6) is 0 Å². The van der Waals surface area contributed by atoms with Crippen molar-refractivity contribution in [3.8, 4) is 10.4 Å². The molecule has 0 spiro atoms. The molecule has 4 N–H and O–H groups in total. The number of carbonyl (C=O) groups excluding carboxylic acids is 2. The number of nitrogens with one attached hydrogen (secondary N) is 2. The summed E-state index contributed by atoms with van der Waals surface area (Å²) in [5, 5.41) is 7.20. The van der Waals surface area contributed by atoms with E-state index in [2.05, 4.69) is 20.6 Å². The van der Waals surface area contributed by atoms with Crippen molar-refractivity contribution in [3.05, 3.63) is 106 Å². The molecule has 0 saturated carbocycles. The fraction of sp³-hybridized carbons (Fsp3) is 0.242. The van der Waals surface area contributed by atoms with Gasteiger partial charge in [-0.25, -0.2) is 13.8 Å². The van der Waals surface area contributed by atoms with Gasteiger partial charge < -0.3 is 16.4 Å². The van der Waals surface area contributed by atoms with E-state index in [0.29, 0.717) is 64.6 Å². The summed E-state index contributed by atoms with van der Waals surface area (Å²) in [6, 6.07) is 11.1. The third kappa shape index (κ3) is 6.00. The number of pyridine rings is 3. The lowest BCUT2D eigenvalue weighted by atomic mass is 9.87. The molecule has 11 heteroatoms. The van der Waals surface area contributed by atoms with Gasteiger partial charge in [-0.3, -0.25) is 19.6 Å². The second-order valence-corrected chi connectivity index (χ2v) is 12.4. The number of nitrogens with zero attached hydrogens (tertiary/aromatic N) is 3. The number of rotatable bonds is 9. The van der Waals surface area contributed by atoms with E-state index in [1.54, 1.807) is 24.5 Å². The predicted octanol–water partition coefficient (Wildman–Crippen LogP) is 5.84.